The van der Waals surface area contributed by atoms with Crippen LogP contribution in [0, 0.1) is 0 Å². The lowest BCUT2D eigenvalue weighted by atomic mass is 10.1. The lowest BCUT2D eigenvalue weighted by Gasteiger charge is -2.40. The Kier molecular flexibility index (Phi) is 8.13. The summed E-state index contributed by atoms with van der Waals surface area (Å²) in [5, 5.41) is 11.0. The van der Waals surface area contributed by atoms with Gasteiger partial charge in [0.05, 0.1) is 0 Å². The lowest BCUT2D eigenvalue weighted by Crippen LogP contribution is -2.33. The van der Waals surface area contributed by atoms with Crippen molar-refractivity contribution in [1.29, 1.82) is 0 Å². The second kappa shape index (κ2) is 12.2. The fourth-order valence-corrected chi connectivity index (χ4v) is 11.7. The molecule has 0 saturated carbocycles. The average Bonchev–Trinajstić information content (AvgIpc) is 3.01. The van der Waals surface area contributed by atoms with Crippen LogP contribution in [-0.4, -0.2) is 11.0 Å². The molecule has 0 aliphatic carbocycles. The molecule has 0 aliphatic rings. The minimum Gasteiger partial charge on any atom is -0.245 e. The maximum atomic E-state index is 2.89. The third-order valence-corrected chi connectivity index (χ3v) is 12.8. The van der Waals surface area contributed by atoms with Gasteiger partial charge in [-0.05, 0) is 38.6 Å². The van der Waals surface area contributed by atoms with Crippen molar-refractivity contribution in [2.24, 2.45) is 0 Å². The molecule has 0 heterocycles. The molecular formula is C36H33NP2. The first-order valence-electron chi connectivity index (χ1n) is 13.8. The van der Waals surface area contributed by atoms with Crippen LogP contribution in [-0.2, 0) is 0 Å². The molecule has 6 aromatic carbocycles. The van der Waals surface area contributed by atoms with E-state index in [2.05, 4.69) is 157 Å². The second-order valence-electron chi connectivity index (χ2n) is 9.74. The Morgan fingerprint density at radius 2 is 0.897 bits per heavy atom. The summed E-state index contributed by atoms with van der Waals surface area (Å²) in [7, 11) is -1.61. The van der Waals surface area contributed by atoms with Crippen molar-refractivity contribution in [2.75, 3.05) is 6.54 Å². The highest BCUT2D eigenvalue weighted by atomic mass is 31.2. The zero-order valence-electron chi connectivity index (χ0n) is 22.3. The largest absolute Gasteiger partial charge is 0.245 e. The Hall–Kier alpha value is -3.34. The molecule has 0 unspecified atom stereocenters. The Bertz CT molecular complexity index is 1540. The highest BCUT2D eigenvalue weighted by Crippen LogP contribution is 2.56. The quantitative estimate of drug-likeness (QED) is 0.166. The van der Waals surface area contributed by atoms with Gasteiger partial charge < -0.3 is 0 Å². The molecule has 192 valence electrons. The van der Waals surface area contributed by atoms with Crippen LogP contribution in [0.3, 0.4) is 0 Å². The van der Waals surface area contributed by atoms with E-state index in [9.17, 15) is 0 Å². The van der Waals surface area contributed by atoms with Gasteiger partial charge in [-0.25, -0.2) is 4.44 Å². The Morgan fingerprint density at radius 3 is 1.38 bits per heavy atom. The molecule has 0 aliphatic heterocycles. The van der Waals surface area contributed by atoms with Gasteiger partial charge in [-0.2, -0.15) is 0 Å². The highest BCUT2D eigenvalue weighted by Gasteiger charge is 2.32. The van der Waals surface area contributed by atoms with Gasteiger partial charge in [0.25, 0.3) is 0 Å². The highest BCUT2D eigenvalue weighted by molar-refractivity contribution is 7.85. The lowest BCUT2D eigenvalue weighted by molar-refractivity contribution is 0.646. The Labute approximate surface area is 234 Å². The number of nitrogens with zero attached hydrogens (tertiary/aromatic N) is 1. The van der Waals surface area contributed by atoms with E-state index in [1.54, 1.807) is 0 Å². The molecule has 0 radical (unpaired) electrons. The van der Waals surface area contributed by atoms with E-state index in [4.69, 9.17) is 0 Å². The first-order chi connectivity index (χ1) is 19.3. The maximum Gasteiger partial charge on any atom is 0.0335 e. The van der Waals surface area contributed by atoms with Gasteiger partial charge in [0.2, 0.25) is 0 Å². The third kappa shape index (κ3) is 5.41. The number of rotatable bonds is 9. The van der Waals surface area contributed by atoms with E-state index in [1.807, 2.05) is 0 Å². The van der Waals surface area contributed by atoms with E-state index >= 15 is 0 Å². The summed E-state index contributed by atoms with van der Waals surface area (Å²) in [5.74, 6) is 0. The minimum absolute atomic E-state index is 0.761. The van der Waals surface area contributed by atoms with Crippen molar-refractivity contribution in [1.82, 2.24) is 4.44 Å². The molecule has 0 aromatic heterocycles. The van der Waals surface area contributed by atoms with E-state index in [-0.39, 0.29) is 0 Å². The molecule has 3 heteroatoms. The summed E-state index contributed by atoms with van der Waals surface area (Å²) in [6.45, 7) is 3.35. The predicted molar refractivity (Wildman–Crippen MR) is 175 cm³/mol. The van der Waals surface area contributed by atoms with Crippen LogP contribution in [0.25, 0.3) is 21.5 Å². The maximum absolute atomic E-state index is 2.89. The van der Waals surface area contributed by atoms with Gasteiger partial charge in [0, 0.05) is 33.3 Å². The average molecular weight is 542 g/mol. The van der Waals surface area contributed by atoms with Crippen LogP contribution in [0.1, 0.15) is 19.8 Å². The molecule has 0 fully saturated rings. The Morgan fingerprint density at radius 1 is 0.462 bits per heavy atom. The van der Waals surface area contributed by atoms with Gasteiger partial charge in [-0.15, -0.1) is 0 Å². The summed E-state index contributed by atoms with van der Waals surface area (Å²) in [5.41, 5.74) is 0. The molecule has 0 atom stereocenters. The summed E-state index contributed by atoms with van der Waals surface area (Å²) in [6.07, 6.45) is 2.32. The van der Waals surface area contributed by atoms with Crippen LogP contribution >= 0.6 is 16.1 Å². The first-order valence-corrected chi connectivity index (χ1v) is 16.4. The normalized spacial score (nSPS) is 11.7. The molecule has 0 saturated heterocycles. The van der Waals surface area contributed by atoms with E-state index in [0.29, 0.717) is 0 Å². The van der Waals surface area contributed by atoms with Crippen LogP contribution < -0.4 is 21.2 Å². The van der Waals surface area contributed by atoms with Crippen molar-refractivity contribution in [3.8, 4) is 0 Å². The Balaban J connectivity index is 1.66. The smallest absolute Gasteiger partial charge is 0.0335 e. The van der Waals surface area contributed by atoms with E-state index in [0.717, 1.165) is 19.4 Å². The van der Waals surface area contributed by atoms with Gasteiger partial charge in [-0.1, -0.05) is 159 Å². The van der Waals surface area contributed by atoms with Crippen molar-refractivity contribution >= 4 is 58.9 Å². The molecule has 39 heavy (non-hydrogen) atoms. The van der Waals surface area contributed by atoms with E-state index < -0.39 is 16.1 Å². The molecule has 6 rings (SSSR count). The van der Waals surface area contributed by atoms with Crippen LogP contribution in [0.4, 0.5) is 0 Å². The van der Waals surface area contributed by atoms with Crippen molar-refractivity contribution in [3.05, 3.63) is 146 Å². The molecular weight excluding hydrogens is 508 g/mol. The number of benzene rings is 6. The number of fused-ring (bicyclic) bond motifs is 2. The summed E-state index contributed by atoms with van der Waals surface area (Å²) in [4.78, 5) is 0. The van der Waals surface area contributed by atoms with Crippen molar-refractivity contribution in [2.45, 2.75) is 19.8 Å². The third-order valence-electron chi connectivity index (χ3n) is 7.16. The molecule has 6 aromatic rings. The van der Waals surface area contributed by atoms with E-state index in [1.165, 1.54) is 42.8 Å². The van der Waals surface area contributed by atoms with Gasteiger partial charge >= 0.3 is 0 Å². The summed E-state index contributed by atoms with van der Waals surface area (Å²) in [6, 6.07) is 54.0. The summed E-state index contributed by atoms with van der Waals surface area (Å²) >= 11 is 0. The molecule has 0 N–H and O–H groups in total. The fourth-order valence-electron chi connectivity index (χ4n) is 5.31. The standard InChI is InChI=1S/C36H33NP2/c1-2-3-28-37(38(31-20-6-4-7-21-31)32-22-8-5-9-23-32)39(35-26-14-18-29-16-10-12-24-33(29)35)36-27-15-19-30-17-11-13-25-34(30)36/h4-27H,2-3,28H2,1H3. The summed E-state index contributed by atoms with van der Waals surface area (Å²) < 4.78 is 2.89. The molecule has 0 amide bonds. The minimum atomic E-state index is -0.850. The number of unbranched alkanes of at least 4 members (excludes halogenated alkanes) is 1. The topological polar surface area (TPSA) is 3.24 Å². The van der Waals surface area contributed by atoms with Gasteiger partial charge in [0.15, 0.2) is 0 Å². The molecule has 0 bridgehead atoms. The molecule has 1 nitrogen and oxygen atoms in total. The molecule has 0 spiro atoms. The van der Waals surface area contributed by atoms with Crippen LogP contribution in [0.2, 0.25) is 0 Å². The number of hydrogen-bond donors (Lipinski definition) is 0. The van der Waals surface area contributed by atoms with Gasteiger partial charge in [-0.3, -0.25) is 0 Å². The SMILES string of the molecule is CCCCN(P(c1ccccc1)c1ccccc1)P(c1cccc2ccccc12)c1cccc2ccccc12. The predicted octanol–water partition coefficient (Wildman–Crippen LogP) is 8.49. The zero-order valence-corrected chi connectivity index (χ0v) is 24.1. The zero-order chi connectivity index (χ0) is 26.4. The van der Waals surface area contributed by atoms with Crippen LogP contribution in [0.15, 0.2) is 146 Å². The van der Waals surface area contributed by atoms with Crippen molar-refractivity contribution < 1.29 is 0 Å². The fraction of sp³-hybridized carbons (Fsp3) is 0.111. The van der Waals surface area contributed by atoms with Crippen LogP contribution in [0.5, 0.6) is 0 Å². The van der Waals surface area contributed by atoms with Gasteiger partial charge in [0.1, 0.15) is 0 Å². The number of hydrogen-bond acceptors (Lipinski definition) is 1. The monoisotopic (exact) mass is 541 g/mol. The first kappa shape index (κ1) is 25.9. The second-order valence-corrected chi connectivity index (χ2v) is 14.3. The van der Waals surface area contributed by atoms with Crippen molar-refractivity contribution in [3.63, 3.8) is 0 Å².